The lowest BCUT2D eigenvalue weighted by atomic mass is 9.96. The second-order valence-corrected chi connectivity index (χ2v) is 4.44. The van der Waals surface area contributed by atoms with Crippen molar-refractivity contribution >= 4 is 5.69 Å². The van der Waals surface area contributed by atoms with Crippen molar-refractivity contribution in [2.75, 3.05) is 5.73 Å². The number of rotatable bonds is 1. The number of fused-ring (bicyclic) bond motifs is 1. The van der Waals surface area contributed by atoms with Crippen molar-refractivity contribution in [3.63, 3.8) is 0 Å². The molecule has 1 aromatic heterocycles. The Morgan fingerprint density at radius 1 is 1.00 bits per heavy atom. The molecule has 3 rings (SSSR count). The number of H-pyrrole nitrogens is 1. The Morgan fingerprint density at radius 2 is 1.75 bits per heavy atom. The molecule has 2 aromatic rings. The van der Waals surface area contributed by atoms with E-state index in [-0.39, 0.29) is 0 Å². The normalized spacial score (nSPS) is 14.8. The summed E-state index contributed by atoms with van der Waals surface area (Å²) in [6, 6.07) is 10.3. The van der Waals surface area contributed by atoms with Gasteiger partial charge in [0.1, 0.15) is 0 Å². The van der Waals surface area contributed by atoms with Crippen LogP contribution in [0.1, 0.15) is 24.1 Å². The van der Waals surface area contributed by atoms with Crippen LogP contribution in [0.2, 0.25) is 0 Å². The number of nitrogens with two attached hydrogens (primary N) is 1. The summed E-state index contributed by atoms with van der Waals surface area (Å²) in [5, 5.41) is 0. The molecular formula is C14H16N2. The average molecular weight is 212 g/mol. The van der Waals surface area contributed by atoms with Crippen LogP contribution < -0.4 is 5.73 Å². The largest absolute Gasteiger partial charge is 0.397 e. The molecule has 0 amide bonds. The van der Waals surface area contributed by atoms with Gasteiger partial charge in [0.25, 0.3) is 0 Å². The molecule has 1 aromatic carbocycles. The number of benzene rings is 1. The molecule has 1 aliphatic carbocycles. The van der Waals surface area contributed by atoms with Crippen molar-refractivity contribution in [1.29, 1.82) is 0 Å². The van der Waals surface area contributed by atoms with E-state index in [0.717, 1.165) is 24.2 Å². The first kappa shape index (κ1) is 9.52. The highest BCUT2D eigenvalue weighted by Gasteiger charge is 2.18. The van der Waals surface area contributed by atoms with Gasteiger partial charge >= 0.3 is 0 Å². The minimum Gasteiger partial charge on any atom is -0.397 e. The molecule has 0 bridgehead atoms. The zero-order valence-electron chi connectivity index (χ0n) is 9.29. The fourth-order valence-corrected chi connectivity index (χ4v) is 2.54. The third-order valence-electron chi connectivity index (χ3n) is 3.40. The highest BCUT2D eigenvalue weighted by atomic mass is 14.8. The van der Waals surface area contributed by atoms with Crippen LogP contribution in [0.4, 0.5) is 5.69 Å². The summed E-state index contributed by atoms with van der Waals surface area (Å²) >= 11 is 0. The van der Waals surface area contributed by atoms with Gasteiger partial charge in [0.05, 0.1) is 11.4 Å². The Labute approximate surface area is 95.5 Å². The molecule has 2 heteroatoms. The van der Waals surface area contributed by atoms with E-state index in [9.17, 15) is 0 Å². The topological polar surface area (TPSA) is 41.8 Å². The van der Waals surface area contributed by atoms with Crippen LogP contribution >= 0.6 is 0 Å². The predicted octanol–water partition coefficient (Wildman–Crippen LogP) is 3.14. The number of hydrogen-bond acceptors (Lipinski definition) is 1. The molecule has 1 aliphatic rings. The molecule has 0 saturated carbocycles. The lowest BCUT2D eigenvalue weighted by molar-refractivity contribution is 0.678. The van der Waals surface area contributed by atoms with E-state index in [1.54, 1.807) is 0 Å². The molecule has 0 spiro atoms. The minimum absolute atomic E-state index is 0.959. The number of anilines is 1. The second-order valence-electron chi connectivity index (χ2n) is 4.44. The standard InChI is InChI=1S/C14H16N2/c15-13-11-8-4-5-9-12(11)16-14(13)10-6-2-1-3-7-10/h1-3,6-7,16H,4-5,8-9,15H2. The number of nitrogens with one attached hydrogen (secondary N) is 1. The van der Waals surface area contributed by atoms with Crippen molar-refractivity contribution < 1.29 is 0 Å². The average Bonchev–Trinajstić information content (AvgIpc) is 2.69. The maximum absolute atomic E-state index is 6.22. The zero-order chi connectivity index (χ0) is 11.0. The summed E-state index contributed by atoms with van der Waals surface area (Å²) < 4.78 is 0. The van der Waals surface area contributed by atoms with Crippen molar-refractivity contribution in [3.8, 4) is 11.3 Å². The highest BCUT2D eigenvalue weighted by molar-refractivity contribution is 5.77. The van der Waals surface area contributed by atoms with Crippen LogP contribution in [0.5, 0.6) is 0 Å². The van der Waals surface area contributed by atoms with Gasteiger partial charge in [-0.25, -0.2) is 0 Å². The molecule has 0 fully saturated rings. The first-order valence-corrected chi connectivity index (χ1v) is 5.91. The Balaban J connectivity index is 2.12. The number of aromatic nitrogens is 1. The number of aromatic amines is 1. The molecule has 3 N–H and O–H groups in total. The van der Waals surface area contributed by atoms with Crippen molar-refractivity contribution in [2.45, 2.75) is 25.7 Å². The second kappa shape index (κ2) is 3.71. The molecule has 2 nitrogen and oxygen atoms in total. The summed E-state index contributed by atoms with van der Waals surface area (Å²) in [5.41, 5.74) is 12.2. The van der Waals surface area contributed by atoms with Crippen LogP contribution in [-0.4, -0.2) is 4.98 Å². The van der Waals surface area contributed by atoms with E-state index >= 15 is 0 Å². The van der Waals surface area contributed by atoms with Crippen LogP contribution in [0.25, 0.3) is 11.3 Å². The smallest absolute Gasteiger partial charge is 0.0692 e. The summed E-state index contributed by atoms with van der Waals surface area (Å²) in [6.07, 6.45) is 4.82. The highest BCUT2D eigenvalue weighted by Crippen LogP contribution is 2.34. The van der Waals surface area contributed by atoms with E-state index < -0.39 is 0 Å². The number of hydrogen-bond donors (Lipinski definition) is 2. The Hall–Kier alpha value is -1.70. The Bertz CT molecular complexity index is 497. The van der Waals surface area contributed by atoms with Crippen LogP contribution in [0.3, 0.4) is 0 Å². The van der Waals surface area contributed by atoms with Crippen molar-refractivity contribution in [3.05, 3.63) is 41.6 Å². The molecule has 0 aliphatic heterocycles. The first-order valence-electron chi connectivity index (χ1n) is 5.91. The lowest BCUT2D eigenvalue weighted by Crippen LogP contribution is -2.02. The Kier molecular flexibility index (Phi) is 2.21. The van der Waals surface area contributed by atoms with Gasteiger partial charge < -0.3 is 10.7 Å². The fourth-order valence-electron chi connectivity index (χ4n) is 2.54. The van der Waals surface area contributed by atoms with Gasteiger partial charge in [0.2, 0.25) is 0 Å². The number of aryl methyl sites for hydroxylation is 1. The monoisotopic (exact) mass is 212 g/mol. The zero-order valence-corrected chi connectivity index (χ0v) is 9.29. The van der Waals surface area contributed by atoms with Gasteiger partial charge in [0, 0.05) is 11.3 Å². The summed E-state index contributed by atoms with van der Waals surface area (Å²) in [4.78, 5) is 3.49. The summed E-state index contributed by atoms with van der Waals surface area (Å²) in [6.45, 7) is 0. The van der Waals surface area contributed by atoms with Gasteiger partial charge in [0.15, 0.2) is 0 Å². The van der Waals surface area contributed by atoms with Gasteiger partial charge in [-0.05, 0) is 31.2 Å². The quantitative estimate of drug-likeness (QED) is 0.749. The van der Waals surface area contributed by atoms with Gasteiger partial charge in [-0.1, -0.05) is 30.3 Å². The van der Waals surface area contributed by atoms with Crippen LogP contribution in [0, 0.1) is 0 Å². The lowest BCUT2D eigenvalue weighted by Gasteiger charge is -2.10. The fraction of sp³-hybridized carbons (Fsp3) is 0.286. The minimum atomic E-state index is 0.959. The molecule has 0 radical (unpaired) electrons. The van der Waals surface area contributed by atoms with Crippen LogP contribution in [-0.2, 0) is 12.8 Å². The van der Waals surface area contributed by atoms with Gasteiger partial charge in [-0.3, -0.25) is 0 Å². The maximum atomic E-state index is 6.22. The maximum Gasteiger partial charge on any atom is 0.0692 e. The molecule has 82 valence electrons. The molecule has 0 atom stereocenters. The van der Waals surface area contributed by atoms with E-state index in [4.69, 9.17) is 5.73 Å². The van der Waals surface area contributed by atoms with E-state index in [0.29, 0.717) is 0 Å². The van der Waals surface area contributed by atoms with Crippen LogP contribution in [0.15, 0.2) is 30.3 Å². The molecule has 0 saturated heterocycles. The van der Waals surface area contributed by atoms with Crippen molar-refractivity contribution in [1.82, 2.24) is 4.98 Å². The van der Waals surface area contributed by atoms with E-state index in [1.165, 1.54) is 29.7 Å². The Morgan fingerprint density at radius 3 is 2.50 bits per heavy atom. The van der Waals surface area contributed by atoms with E-state index in [1.807, 2.05) is 6.07 Å². The first-order chi connectivity index (χ1) is 7.86. The molecular weight excluding hydrogens is 196 g/mol. The molecule has 16 heavy (non-hydrogen) atoms. The summed E-state index contributed by atoms with van der Waals surface area (Å²) in [7, 11) is 0. The third kappa shape index (κ3) is 1.42. The van der Waals surface area contributed by atoms with Gasteiger partial charge in [-0.2, -0.15) is 0 Å². The predicted molar refractivity (Wildman–Crippen MR) is 67.3 cm³/mol. The van der Waals surface area contributed by atoms with Crippen molar-refractivity contribution in [2.24, 2.45) is 0 Å². The van der Waals surface area contributed by atoms with E-state index in [2.05, 4.69) is 29.2 Å². The van der Waals surface area contributed by atoms with Gasteiger partial charge in [-0.15, -0.1) is 0 Å². The molecule has 1 heterocycles. The molecule has 0 unspecified atom stereocenters. The summed E-state index contributed by atoms with van der Waals surface area (Å²) in [5.74, 6) is 0. The third-order valence-corrected chi connectivity index (χ3v) is 3.40. The SMILES string of the molecule is Nc1c(-c2ccccc2)[nH]c2c1CCCC2. The number of nitrogen functional groups attached to an aromatic ring is 1.